The highest BCUT2D eigenvalue weighted by molar-refractivity contribution is 5.90. The lowest BCUT2D eigenvalue weighted by Crippen LogP contribution is -2.19. The van der Waals surface area contributed by atoms with Crippen molar-refractivity contribution in [1.29, 1.82) is 0 Å². The topological polar surface area (TPSA) is 88.2 Å². The number of pyridine rings is 1. The molecule has 4 N–H and O–H groups in total. The molecule has 0 saturated carbocycles. The van der Waals surface area contributed by atoms with Gasteiger partial charge in [0.15, 0.2) is 11.6 Å². The number of carbonyl (C=O) groups excluding carboxylic acids is 1. The van der Waals surface area contributed by atoms with Gasteiger partial charge in [0.2, 0.25) is 5.91 Å². The molecule has 1 unspecified atom stereocenters. The number of rotatable bonds is 4. The Kier molecular flexibility index (Phi) is 4.05. The molecule has 1 atom stereocenters. The van der Waals surface area contributed by atoms with E-state index in [1.807, 2.05) is 6.92 Å². The van der Waals surface area contributed by atoms with Crippen LogP contribution in [0.2, 0.25) is 0 Å². The second-order valence-electron chi connectivity index (χ2n) is 3.44. The van der Waals surface area contributed by atoms with E-state index in [-0.39, 0.29) is 23.5 Å². The van der Waals surface area contributed by atoms with Gasteiger partial charge in [-0.25, -0.2) is 4.98 Å². The van der Waals surface area contributed by atoms with Crippen molar-refractivity contribution in [3.05, 3.63) is 18.3 Å². The van der Waals surface area contributed by atoms with Gasteiger partial charge < -0.3 is 16.2 Å². The van der Waals surface area contributed by atoms with Crippen molar-refractivity contribution in [2.45, 2.75) is 25.8 Å². The van der Waals surface area contributed by atoms with E-state index in [0.29, 0.717) is 12.8 Å². The highest BCUT2D eigenvalue weighted by Crippen LogP contribution is 2.18. The van der Waals surface area contributed by atoms with Crippen molar-refractivity contribution >= 4 is 11.7 Å². The van der Waals surface area contributed by atoms with Gasteiger partial charge in [0.05, 0.1) is 0 Å². The minimum absolute atomic E-state index is 0.00641. The van der Waals surface area contributed by atoms with Crippen LogP contribution >= 0.6 is 0 Å². The van der Waals surface area contributed by atoms with Crippen LogP contribution in [-0.4, -0.2) is 22.0 Å². The summed E-state index contributed by atoms with van der Waals surface area (Å²) < 4.78 is 0. The lowest BCUT2D eigenvalue weighted by atomic mass is 10.2. The molecule has 0 aliphatic carbocycles. The summed E-state index contributed by atoms with van der Waals surface area (Å²) in [6.07, 6.45) is 2.44. The molecule has 0 aromatic carbocycles. The lowest BCUT2D eigenvalue weighted by Gasteiger charge is -2.06. The largest absolute Gasteiger partial charge is 0.504 e. The van der Waals surface area contributed by atoms with Crippen molar-refractivity contribution in [2.24, 2.45) is 5.73 Å². The number of amides is 1. The summed E-state index contributed by atoms with van der Waals surface area (Å²) in [7, 11) is 0. The zero-order valence-electron chi connectivity index (χ0n) is 8.60. The van der Waals surface area contributed by atoms with Crippen LogP contribution in [0.3, 0.4) is 0 Å². The van der Waals surface area contributed by atoms with Gasteiger partial charge in [-0.15, -0.1) is 0 Å². The molecule has 0 aliphatic rings. The molecule has 0 bridgehead atoms. The van der Waals surface area contributed by atoms with Crippen LogP contribution in [0.25, 0.3) is 0 Å². The van der Waals surface area contributed by atoms with Crippen LogP contribution in [0.4, 0.5) is 5.82 Å². The van der Waals surface area contributed by atoms with Gasteiger partial charge in [0.1, 0.15) is 0 Å². The lowest BCUT2D eigenvalue weighted by molar-refractivity contribution is -0.116. The van der Waals surface area contributed by atoms with Crippen molar-refractivity contribution in [1.82, 2.24) is 4.98 Å². The zero-order valence-corrected chi connectivity index (χ0v) is 8.60. The molecule has 0 radical (unpaired) electrons. The first kappa shape index (κ1) is 11.5. The number of nitrogens with one attached hydrogen (secondary N) is 1. The fourth-order valence-electron chi connectivity index (χ4n) is 1.05. The van der Waals surface area contributed by atoms with Crippen molar-refractivity contribution in [3.63, 3.8) is 0 Å². The van der Waals surface area contributed by atoms with Crippen LogP contribution < -0.4 is 11.1 Å². The first-order chi connectivity index (χ1) is 7.09. The molecule has 1 aromatic rings. The normalized spacial score (nSPS) is 12.1. The van der Waals surface area contributed by atoms with E-state index in [2.05, 4.69) is 10.3 Å². The molecule has 5 nitrogen and oxygen atoms in total. The average molecular weight is 209 g/mol. The van der Waals surface area contributed by atoms with Crippen molar-refractivity contribution in [3.8, 4) is 5.75 Å². The van der Waals surface area contributed by atoms with Gasteiger partial charge in [-0.05, 0) is 25.5 Å². The molecule has 0 saturated heterocycles. The van der Waals surface area contributed by atoms with Crippen molar-refractivity contribution in [2.75, 3.05) is 5.32 Å². The predicted molar refractivity (Wildman–Crippen MR) is 57.4 cm³/mol. The Bertz CT molecular complexity index is 339. The fraction of sp³-hybridized carbons (Fsp3) is 0.400. The molecule has 0 spiro atoms. The Balaban J connectivity index is 2.48. The second kappa shape index (κ2) is 5.31. The van der Waals surface area contributed by atoms with E-state index in [1.165, 1.54) is 12.3 Å². The second-order valence-corrected chi connectivity index (χ2v) is 3.44. The Morgan fingerprint density at radius 2 is 2.47 bits per heavy atom. The summed E-state index contributed by atoms with van der Waals surface area (Å²) in [5.41, 5.74) is 5.52. The number of nitrogens with zero attached hydrogens (tertiary/aromatic N) is 1. The number of aromatic hydroxyl groups is 1. The third-order valence-corrected chi connectivity index (χ3v) is 1.87. The summed E-state index contributed by atoms with van der Waals surface area (Å²) in [6.45, 7) is 1.84. The first-order valence-corrected chi connectivity index (χ1v) is 4.79. The minimum Gasteiger partial charge on any atom is -0.504 e. The molecule has 15 heavy (non-hydrogen) atoms. The van der Waals surface area contributed by atoms with E-state index in [1.54, 1.807) is 6.07 Å². The Hall–Kier alpha value is -1.62. The maximum absolute atomic E-state index is 11.4. The van der Waals surface area contributed by atoms with E-state index < -0.39 is 0 Å². The molecule has 1 amide bonds. The van der Waals surface area contributed by atoms with E-state index >= 15 is 0 Å². The van der Waals surface area contributed by atoms with Crippen LogP contribution in [-0.2, 0) is 4.79 Å². The number of hydrogen-bond donors (Lipinski definition) is 3. The van der Waals surface area contributed by atoms with Crippen molar-refractivity contribution < 1.29 is 9.90 Å². The molecular formula is C10H15N3O2. The summed E-state index contributed by atoms with van der Waals surface area (Å²) >= 11 is 0. The van der Waals surface area contributed by atoms with Gasteiger partial charge in [-0.2, -0.15) is 0 Å². The summed E-state index contributed by atoms with van der Waals surface area (Å²) in [6, 6.07) is 3.05. The predicted octanol–water partition coefficient (Wildman–Crippen LogP) is 0.853. The molecular weight excluding hydrogens is 194 g/mol. The number of carbonyl (C=O) groups is 1. The summed E-state index contributed by atoms with van der Waals surface area (Å²) in [4.78, 5) is 15.2. The average Bonchev–Trinajstić information content (AvgIpc) is 2.18. The van der Waals surface area contributed by atoms with Crippen LogP contribution in [0.15, 0.2) is 18.3 Å². The Morgan fingerprint density at radius 3 is 3.07 bits per heavy atom. The number of aromatic nitrogens is 1. The number of nitrogens with two attached hydrogens (primary N) is 1. The first-order valence-electron chi connectivity index (χ1n) is 4.79. The molecule has 0 fully saturated rings. The summed E-state index contributed by atoms with van der Waals surface area (Å²) in [5, 5.41) is 11.8. The number of hydrogen-bond acceptors (Lipinski definition) is 4. The molecule has 5 heteroatoms. The smallest absolute Gasteiger partial charge is 0.225 e. The SMILES string of the molecule is CC(N)CCC(=O)Nc1ncccc1O. The zero-order chi connectivity index (χ0) is 11.3. The monoisotopic (exact) mass is 209 g/mol. The van der Waals surface area contributed by atoms with Crippen LogP contribution in [0.5, 0.6) is 5.75 Å². The molecule has 0 aliphatic heterocycles. The third-order valence-electron chi connectivity index (χ3n) is 1.87. The van der Waals surface area contributed by atoms with E-state index in [0.717, 1.165) is 0 Å². The summed E-state index contributed by atoms with van der Waals surface area (Å²) in [5.74, 6) is -0.0416. The minimum atomic E-state index is -0.193. The van der Waals surface area contributed by atoms with Gasteiger partial charge in [-0.3, -0.25) is 4.79 Å². The number of anilines is 1. The van der Waals surface area contributed by atoms with Gasteiger partial charge >= 0.3 is 0 Å². The van der Waals surface area contributed by atoms with Gasteiger partial charge in [0, 0.05) is 18.7 Å². The Labute approximate surface area is 88.3 Å². The quantitative estimate of drug-likeness (QED) is 0.686. The Morgan fingerprint density at radius 1 is 1.73 bits per heavy atom. The highest BCUT2D eigenvalue weighted by atomic mass is 16.3. The maximum Gasteiger partial charge on any atom is 0.225 e. The molecule has 82 valence electrons. The van der Waals surface area contributed by atoms with Crippen LogP contribution in [0, 0.1) is 0 Å². The maximum atomic E-state index is 11.4. The van der Waals surface area contributed by atoms with E-state index in [9.17, 15) is 9.90 Å². The third kappa shape index (κ3) is 3.95. The molecule has 1 rings (SSSR count). The molecule has 1 heterocycles. The van der Waals surface area contributed by atoms with E-state index in [4.69, 9.17) is 5.73 Å². The van der Waals surface area contributed by atoms with Crippen LogP contribution in [0.1, 0.15) is 19.8 Å². The molecule has 1 aromatic heterocycles. The highest BCUT2D eigenvalue weighted by Gasteiger charge is 2.07. The van der Waals surface area contributed by atoms with Gasteiger partial charge in [-0.1, -0.05) is 0 Å². The fourth-order valence-corrected chi connectivity index (χ4v) is 1.05. The standard InChI is InChI=1S/C10H15N3O2/c1-7(11)4-5-9(15)13-10-8(14)3-2-6-12-10/h2-3,6-7,14H,4-5,11H2,1H3,(H,12,13,15). The van der Waals surface area contributed by atoms with Gasteiger partial charge in [0.25, 0.3) is 0 Å².